The highest BCUT2D eigenvalue weighted by molar-refractivity contribution is 5.85. The number of hydrogen-bond acceptors (Lipinski definition) is 3. The van der Waals surface area contributed by atoms with Crippen LogP contribution in [0.25, 0.3) is 0 Å². The number of likely N-dealkylation sites (tertiary alicyclic amines) is 1. The smallest absolute Gasteiger partial charge is 0.416 e. The number of rotatable bonds is 8. The molecule has 2 amide bonds. The van der Waals surface area contributed by atoms with Gasteiger partial charge in [0.05, 0.1) is 5.56 Å². The third-order valence-corrected chi connectivity index (χ3v) is 7.61. The normalized spacial score (nSPS) is 24.3. The van der Waals surface area contributed by atoms with Crippen LogP contribution in [0.4, 0.5) is 18.0 Å². The molecule has 0 spiro atoms. The van der Waals surface area contributed by atoms with Crippen molar-refractivity contribution >= 4 is 12.0 Å². The molecule has 202 valence electrons. The van der Waals surface area contributed by atoms with Gasteiger partial charge in [-0.2, -0.15) is 13.2 Å². The van der Waals surface area contributed by atoms with Crippen LogP contribution >= 0.6 is 0 Å². The zero-order valence-electron chi connectivity index (χ0n) is 21.9. The number of likely N-dealkylation sites (N-methyl/N-ethyl adjacent to an activating group) is 1. The number of benzene rings is 1. The molecule has 1 heterocycles. The predicted octanol–water partition coefficient (Wildman–Crippen LogP) is 5.47. The lowest BCUT2D eigenvalue weighted by molar-refractivity contribution is -0.137. The lowest BCUT2D eigenvalue weighted by Gasteiger charge is -2.31. The van der Waals surface area contributed by atoms with Crippen molar-refractivity contribution in [3.05, 3.63) is 35.4 Å². The number of nitrogens with one attached hydrogen (secondary N) is 1. The minimum atomic E-state index is -4.34. The molecule has 0 bridgehead atoms. The van der Waals surface area contributed by atoms with Crippen molar-refractivity contribution in [2.45, 2.75) is 78.2 Å². The van der Waals surface area contributed by atoms with Crippen LogP contribution in [0.5, 0.6) is 0 Å². The molecule has 5 atom stereocenters. The molecule has 1 aromatic carbocycles. The van der Waals surface area contributed by atoms with E-state index >= 15 is 0 Å². The van der Waals surface area contributed by atoms with Crippen molar-refractivity contribution in [1.82, 2.24) is 15.1 Å². The molecule has 2 aliphatic rings. The Hall–Kier alpha value is -2.29. The van der Waals surface area contributed by atoms with Gasteiger partial charge in [-0.25, -0.2) is 4.79 Å². The van der Waals surface area contributed by atoms with E-state index in [1.807, 2.05) is 0 Å². The van der Waals surface area contributed by atoms with Crippen LogP contribution in [0.2, 0.25) is 0 Å². The summed E-state index contributed by atoms with van der Waals surface area (Å²) in [5.41, 5.74) is 0.269. The lowest BCUT2D eigenvalue weighted by Crippen LogP contribution is -2.52. The van der Waals surface area contributed by atoms with Crippen LogP contribution in [0.15, 0.2) is 24.3 Å². The highest BCUT2D eigenvalue weighted by atomic mass is 19.4. The predicted molar refractivity (Wildman–Crippen MR) is 132 cm³/mol. The Labute approximate surface area is 212 Å². The third kappa shape index (κ3) is 7.37. The van der Waals surface area contributed by atoms with Gasteiger partial charge in [-0.15, -0.1) is 0 Å². The summed E-state index contributed by atoms with van der Waals surface area (Å²) in [4.78, 5) is 28.4. The van der Waals surface area contributed by atoms with Gasteiger partial charge in [-0.1, -0.05) is 39.8 Å². The average molecular weight is 512 g/mol. The monoisotopic (exact) mass is 511 g/mol. The largest absolute Gasteiger partial charge is 0.465 e. The van der Waals surface area contributed by atoms with Crippen LogP contribution in [0.3, 0.4) is 0 Å². The molecule has 3 rings (SSSR count). The number of carbonyl (C=O) groups excluding carboxylic acids is 1. The van der Waals surface area contributed by atoms with Crippen LogP contribution in [0, 0.1) is 23.2 Å². The summed E-state index contributed by atoms with van der Waals surface area (Å²) >= 11 is 0. The van der Waals surface area contributed by atoms with E-state index in [9.17, 15) is 27.9 Å². The summed E-state index contributed by atoms with van der Waals surface area (Å²) in [6.07, 6.45) is -2.28. The number of alkyl halides is 3. The van der Waals surface area contributed by atoms with Crippen molar-refractivity contribution in [2.24, 2.45) is 23.2 Å². The van der Waals surface area contributed by atoms with Gasteiger partial charge in [0.15, 0.2) is 0 Å². The number of carbonyl (C=O) groups is 2. The van der Waals surface area contributed by atoms with Gasteiger partial charge in [-0.3, -0.25) is 14.6 Å². The standard InChI is InChI=1S/C27H40F3N3O3/c1-17(13-26(2,3)4)12-23(32(5)25(35)36)24(34)31-22-11-8-19-15-33(16-21(19)22)14-18-6-9-20(10-7-18)27(28,29)30/h6-7,9-10,17,19,21-23H,8,11-16H2,1-5H3,(H,31,34)(H,35,36)/t17-,19-,21+,22+,23?/m0/s1. The first kappa shape index (κ1) is 28.3. The molecule has 1 saturated carbocycles. The van der Waals surface area contributed by atoms with Gasteiger partial charge in [0.1, 0.15) is 6.04 Å². The van der Waals surface area contributed by atoms with Gasteiger partial charge in [0.25, 0.3) is 0 Å². The van der Waals surface area contributed by atoms with Crippen LogP contribution in [-0.2, 0) is 17.5 Å². The first-order valence-electron chi connectivity index (χ1n) is 12.8. The first-order valence-corrected chi connectivity index (χ1v) is 12.8. The molecular formula is C27H40F3N3O3. The molecule has 6 nitrogen and oxygen atoms in total. The quantitative estimate of drug-likeness (QED) is 0.485. The number of hydrogen-bond donors (Lipinski definition) is 2. The molecule has 1 aromatic rings. The summed E-state index contributed by atoms with van der Waals surface area (Å²) in [5.74, 6) is 0.614. The summed E-state index contributed by atoms with van der Waals surface area (Å²) in [7, 11) is 1.45. The fraction of sp³-hybridized carbons (Fsp3) is 0.704. The fourth-order valence-electron chi connectivity index (χ4n) is 6.09. The van der Waals surface area contributed by atoms with Crippen LogP contribution in [0.1, 0.15) is 64.5 Å². The molecule has 1 unspecified atom stereocenters. The maximum absolute atomic E-state index is 13.3. The number of amides is 2. The highest BCUT2D eigenvalue weighted by Gasteiger charge is 2.44. The minimum absolute atomic E-state index is 0.0253. The van der Waals surface area contributed by atoms with E-state index in [1.54, 1.807) is 0 Å². The Morgan fingerprint density at radius 3 is 2.33 bits per heavy atom. The zero-order valence-corrected chi connectivity index (χ0v) is 21.9. The second-order valence-electron chi connectivity index (χ2n) is 12.0. The SMILES string of the molecule is C[C@@H](CC(C(=O)N[C@@H]1CC[C@H]2CN(Cc3ccc(C(F)(F)F)cc3)C[C@H]21)N(C)C(=O)O)CC(C)(C)C. The van der Waals surface area contributed by atoms with E-state index in [0.717, 1.165) is 54.9 Å². The summed E-state index contributed by atoms with van der Waals surface area (Å²) in [5, 5.41) is 12.7. The molecule has 0 aromatic heterocycles. The topological polar surface area (TPSA) is 72.9 Å². The number of carboxylic acid groups (broad SMARTS) is 1. The molecule has 0 radical (unpaired) electrons. The maximum Gasteiger partial charge on any atom is 0.416 e. The molecule has 1 aliphatic carbocycles. The van der Waals surface area contributed by atoms with E-state index in [-0.39, 0.29) is 29.2 Å². The van der Waals surface area contributed by atoms with E-state index in [2.05, 4.69) is 37.9 Å². The van der Waals surface area contributed by atoms with Crippen LogP contribution < -0.4 is 5.32 Å². The van der Waals surface area contributed by atoms with Crippen molar-refractivity contribution < 1.29 is 27.9 Å². The van der Waals surface area contributed by atoms with Gasteiger partial charge in [-0.05, 0) is 66.5 Å². The number of nitrogens with zero attached hydrogens (tertiary/aromatic N) is 2. The summed E-state index contributed by atoms with van der Waals surface area (Å²) in [6, 6.07) is 4.53. The van der Waals surface area contributed by atoms with Gasteiger partial charge < -0.3 is 10.4 Å². The van der Waals surface area contributed by atoms with Gasteiger partial charge in [0.2, 0.25) is 5.91 Å². The Kier molecular flexibility index (Phi) is 8.63. The first-order chi connectivity index (χ1) is 16.6. The van der Waals surface area contributed by atoms with Crippen LogP contribution in [-0.4, -0.2) is 59.1 Å². The van der Waals surface area contributed by atoms with E-state index in [4.69, 9.17) is 0 Å². The maximum atomic E-state index is 13.3. The second kappa shape index (κ2) is 11.0. The molecule has 36 heavy (non-hydrogen) atoms. The van der Waals surface area contributed by atoms with Crippen molar-refractivity contribution in [1.29, 1.82) is 0 Å². The fourth-order valence-corrected chi connectivity index (χ4v) is 6.09. The summed E-state index contributed by atoms with van der Waals surface area (Å²) in [6.45, 7) is 10.6. The molecule has 9 heteroatoms. The number of fused-ring (bicyclic) bond motifs is 1. The van der Waals surface area contributed by atoms with Crippen molar-refractivity contribution in [3.8, 4) is 0 Å². The highest BCUT2D eigenvalue weighted by Crippen LogP contribution is 2.39. The molecule has 2 fully saturated rings. The molecule has 2 N–H and O–H groups in total. The number of halogens is 3. The third-order valence-electron chi connectivity index (χ3n) is 7.61. The summed E-state index contributed by atoms with van der Waals surface area (Å²) < 4.78 is 38.5. The molecular weight excluding hydrogens is 471 g/mol. The Balaban J connectivity index is 1.60. The lowest BCUT2D eigenvalue weighted by atomic mass is 9.82. The van der Waals surface area contributed by atoms with Crippen molar-refractivity contribution in [2.75, 3.05) is 20.1 Å². The molecule has 1 aliphatic heterocycles. The Morgan fingerprint density at radius 2 is 1.78 bits per heavy atom. The second-order valence-corrected chi connectivity index (χ2v) is 12.0. The Morgan fingerprint density at radius 1 is 1.14 bits per heavy atom. The van der Waals surface area contributed by atoms with Crippen molar-refractivity contribution in [3.63, 3.8) is 0 Å². The minimum Gasteiger partial charge on any atom is -0.465 e. The van der Waals surface area contributed by atoms with Gasteiger partial charge in [0, 0.05) is 32.7 Å². The molecule has 1 saturated heterocycles. The van der Waals surface area contributed by atoms with E-state index < -0.39 is 23.9 Å². The Bertz CT molecular complexity index is 914. The zero-order chi connectivity index (χ0) is 26.8. The van der Waals surface area contributed by atoms with E-state index in [0.29, 0.717) is 18.9 Å². The van der Waals surface area contributed by atoms with Gasteiger partial charge >= 0.3 is 12.3 Å². The average Bonchev–Trinajstić information content (AvgIpc) is 3.31. The van der Waals surface area contributed by atoms with E-state index in [1.165, 1.54) is 19.2 Å².